The summed E-state index contributed by atoms with van der Waals surface area (Å²) >= 11 is 3.15. The van der Waals surface area contributed by atoms with Gasteiger partial charge in [0.2, 0.25) is 0 Å². The second-order valence-corrected chi connectivity index (χ2v) is 6.96. The summed E-state index contributed by atoms with van der Waals surface area (Å²) < 4.78 is 28.5. The van der Waals surface area contributed by atoms with Gasteiger partial charge in [0.1, 0.15) is 11.6 Å². The molecule has 1 atom stereocenters. The van der Waals surface area contributed by atoms with Crippen LogP contribution in [0.1, 0.15) is 38.7 Å². The number of hydrogen-bond acceptors (Lipinski definition) is 1. The summed E-state index contributed by atoms with van der Waals surface area (Å²) in [5.74, 6) is -0.315. The van der Waals surface area contributed by atoms with E-state index in [1.54, 1.807) is 0 Å². The monoisotopic (exact) mass is 345 g/mol. The van der Waals surface area contributed by atoms with Crippen molar-refractivity contribution in [2.45, 2.75) is 39.5 Å². The van der Waals surface area contributed by atoms with Crippen LogP contribution in [0.3, 0.4) is 0 Å². The zero-order valence-electron chi connectivity index (χ0n) is 12.1. The highest BCUT2D eigenvalue weighted by molar-refractivity contribution is 9.10. The standard InChI is InChI=1S/C16H22BrF2N/c1-3-8-20-10-16(2,11-4-5-11)9-12-14(18)7-6-13(17)15(12)19/h6-7,11,20H,3-5,8-10H2,1-2H3. The fourth-order valence-corrected chi connectivity index (χ4v) is 3.19. The summed E-state index contributed by atoms with van der Waals surface area (Å²) in [5.41, 5.74) is 0.143. The van der Waals surface area contributed by atoms with Crippen molar-refractivity contribution in [2.75, 3.05) is 13.1 Å². The number of nitrogens with one attached hydrogen (secondary N) is 1. The average molecular weight is 346 g/mol. The van der Waals surface area contributed by atoms with Crippen molar-refractivity contribution in [3.05, 3.63) is 33.8 Å². The number of benzene rings is 1. The van der Waals surface area contributed by atoms with Crippen molar-refractivity contribution in [2.24, 2.45) is 11.3 Å². The predicted molar refractivity (Wildman–Crippen MR) is 81.8 cm³/mol. The Balaban J connectivity index is 2.18. The van der Waals surface area contributed by atoms with Gasteiger partial charge in [-0.05, 0) is 71.6 Å². The highest BCUT2D eigenvalue weighted by Crippen LogP contribution is 2.47. The Morgan fingerprint density at radius 3 is 2.65 bits per heavy atom. The minimum Gasteiger partial charge on any atom is -0.316 e. The van der Waals surface area contributed by atoms with Crippen LogP contribution >= 0.6 is 15.9 Å². The molecule has 0 bridgehead atoms. The third-order valence-corrected chi connectivity index (χ3v) is 4.85. The van der Waals surface area contributed by atoms with Gasteiger partial charge < -0.3 is 5.32 Å². The maximum Gasteiger partial charge on any atom is 0.143 e. The molecule has 0 saturated heterocycles. The SMILES string of the molecule is CCCNCC(C)(Cc1c(F)ccc(Br)c1F)C1CC1. The lowest BCUT2D eigenvalue weighted by atomic mass is 9.78. The van der Waals surface area contributed by atoms with Gasteiger partial charge in [-0.25, -0.2) is 8.78 Å². The van der Waals surface area contributed by atoms with E-state index in [0.29, 0.717) is 16.8 Å². The molecule has 1 aromatic rings. The van der Waals surface area contributed by atoms with Gasteiger partial charge in [0.25, 0.3) is 0 Å². The van der Waals surface area contributed by atoms with Gasteiger partial charge in [-0.1, -0.05) is 13.8 Å². The summed E-state index contributed by atoms with van der Waals surface area (Å²) in [7, 11) is 0. The van der Waals surface area contributed by atoms with E-state index < -0.39 is 11.6 Å². The Morgan fingerprint density at radius 1 is 1.35 bits per heavy atom. The summed E-state index contributed by atoms with van der Waals surface area (Å²) in [5, 5.41) is 3.41. The molecule has 20 heavy (non-hydrogen) atoms. The maximum absolute atomic E-state index is 14.2. The van der Waals surface area contributed by atoms with Crippen LogP contribution < -0.4 is 5.32 Å². The third-order valence-electron chi connectivity index (χ3n) is 4.24. The first-order chi connectivity index (χ1) is 9.48. The van der Waals surface area contributed by atoms with Crippen molar-refractivity contribution in [3.8, 4) is 0 Å². The Hall–Kier alpha value is -0.480. The Kier molecular flexibility index (Phi) is 5.19. The number of halogens is 3. The van der Waals surface area contributed by atoms with Gasteiger partial charge in [-0.3, -0.25) is 0 Å². The normalized spacial score (nSPS) is 18.1. The molecule has 0 aromatic heterocycles. The van der Waals surface area contributed by atoms with Crippen molar-refractivity contribution in [1.82, 2.24) is 5.32 Å². The van der Waals surface area contributed by atoms with Crippen molar-refractivity contribution in [3.63, 3.8) is 0 Å². The summed E-state index contributed by atoms with van der Waals surface area (Å²) in [6, 6.07) is 2.77. The second kappa shape index (κ2) is 6.52. The quantitative estimate of drug-likeness (QED) is 0.558. The minimum atomic E-state index is -0.452. The van der Waals surface area contributed by atoms with E-state index >= 15 is 0 Å². The highest BCUT2D eigenvalue weighted by atomic mass is 79.9. The summed E-state index contributed by atoms with van der Waals surface area (Å²) in [6.07, 6.45) is 3.86. The highest BCUT2D eigenvalue weighted by Gasteiger charge is 2.42. The van der Waals surface area contributed by atoms with Crippen LogP contribution in [0.25, 0.3) is 0 Å². The van der Waals surface area contributed by atoms with Gasteiger partial charge in [0, 0.05) is 12.1 Å². The topological polar surface area (TPSA) is 12.0 Å². The number of rotatable bonds is 7. The van der Waals surface area contributed by atoms with Gasteiger partial charge in [0.15, 0.2) is 0 Å². The van der Waals surface area contributed by atoms with E-state index in [1.165, 1.54) is 25.0 Å². The molecular formula is C16H22BrF2N. The molecule has 0 amide bonds. The molecule has 1 aliphatic rings. The van der Waals surface area contributed by atoms with Crippen LogP contribution in [0.15, 0.2) is 16.6 Å². The molecule has 1 unspecified atom stereocenters. The van der Waals surface area contributed by atoms with Gasteiger partial charge in [-0.15, -0.1) is 0 Å². The molecule has 1 saturated carbocycles. The summed E-state index contributed by atoms with van der Waals surface area (Å²) in [4.78, 5) is 0. The zero-order valence-corrected chi connectivity index (χ0v) is 13.7. The second-order valence-electron chi connectivity index (χ2n) is 6.10. The smallest absolute Gasteiger partial charge is 0.143 e. The lowest BCUT2D eigenvalue weighted by Crippen LogP contribution is -2.36. The largest absolute Gasteiger partial charge is 0.316 e. The first kappa shape index (κ1) is 15.9. The molecule has 0 aliphatic heterocycles. The molecule has 0 spiro atoms. The van der Waals surface area contributed by atoms with Crippen molar-refractivity contribution < 1.29 is 8.78 Å². The zero-order chi connectivity index (χ0) is 14.8. The third kappa shape index (κ3) is 3.59. The van der Waals surface area contributed by atoms with E-state index in [-0.39, 0.29) is 11.0 Å². The molecule has 0 radical (unpaired) electrons. The molecule has 4 heteroatoms. The molecule has 1 aliphatic carbocycles. The van der Waals surface area contributed by atoms with Crippen LogP contribution in [-0.4, -0.2) is 13.1 Å². The molecule has 2 rings (SSSR count). The lowest BCUT2D eigenvalue weighted by molar-refractivity contribution is 0.250. The van der Waals surface area contributed by atoms with Crippen LogP contribution in [0, 0.1) is 23.0 Å². The Bertz CT molecular complexity index is 474. The Labute approximate surface area is 128 Å². The van der Waals surface area contributed by atoms with E-state index in [9.17, 15) is 8.78 Å². The van der Waals surface area contributed by atoms with Gasteiger partial charge in [0.05, 0.1) is 4.47 Å². The van der Waals surface area contributed by atoms with Crippen LogP contribution in [-0.2, 0) is 6.42 Å². The number of hydrogen-bond donors (Lipinski definition) is 1. The van der Waals surface area contributed by atoms with Crippen LogP contribution in [0.4, 0.5) is 8.78 Å². The molecule has 1 fully saturated rings. The molecular weight excluding hydrogens is 324 g/mol. The first-order valence-corrected chi connectivity index (χ1v) is 8.10. The molecule has 112 valence electrons. The van der Waals surface area contributed by atoms with E-state index in [1.807, 2.05) is 0 Å². The van der Waals surface area contributed by atoms with Gasteiger partial charge >= 0.3 is 0 Å². The van der Waals surface area contributed by atoms with Gasteiger partial charge in [-0.2, -0.15) is 0 Å². The Morgan fingerprint density at radius 2 is 2.05 bits per heavy atom. The van der Waals surface area contributed by atoms with Crippen molar-refractivity contribution in [1.29, 1.82) is 0 Å². The first-order valence-electron chi connectivity index (χ1n) is 7.31. The fourth-order valence-electron chi connectivity index (χ4n) is 2.82. The molecule has 1 aromatic carbocycles. The van der Waals surface area contributed by atoms with E-state index in [4.69, 9.17) is 0 Å². The molecule has 1 nitrogen and oxygen atoms in total. The lowest BCUT2D eigenvalue weighted by Gasteiger charge is -2.31. The minimum absolute atomic E-state index is 0.0718. The van der Waals surface area contributed by atoms with Crippen LogP contribution in [0.5, 0.6) is 0 Å². The molecule has 0 heterocycles. The maximum atomic E-state index is 14.2. The predicted octanol–water partition coefficient (Wildman–Crippen LogP) is 4.69. The van der Waals surface area contributed by atoms with Crippen molar-refractivity contribution >= 4 is 15.9 Å². The average Bonchev–Trinajstić information content (AvgIpc) is 3.24. The molecule has 1 N–H and O–H groups in total. The summed E-state index contributed by atoms with van der Waals surface area (Å²) in [6.45, 7) is 6.03. The van der Waals surface area contributed by atoms with E-state index in [2.05, 4.69) is 35.1 Å². The van der Waals surface area contributed by atoms with E-state index in [0.717, 1.165) is 19.5 Å². The van der Waals surface area contributed by atoms with Crippen LogP contribution in [0.2, 0.25) is 0 Å². The fraction of sp³-hybridized carbons (Fsp3) is 0.625.